The van der Waals surface area contributed by atoms with Gasteiger partial charge in [-0.25, -0.2) is 0 Å². The average molecular weight is 278 g/mol. The molecular formula is C15H22N2O3. The Morgan fingerprint density at radius 1 is 1.50 bits per heavy atom. The highest BCUT2D eigenvalue weighted by molar-refractivity contribution is 5.99. The van der Waals surface area contributed by atoms with Gasteiger partial charge in [-0.3, -0.25) is 4.79 Å². The number of amides is 1. The van der Waals surface area contributed by atoms with Gasteiger partial charge in [0.25, 0.3) is 5.91 Å². The van der Waals surface area contributed by atoms with Crippen LogP contribution in [0.25, 0.3) is 0 Å². The van der Waals surface area contributed by atoms with Gasteiger partial charge in [-0.15, -0.1) is 0 Å². The van der Waals surface area contributed by atoms with Crippen molar-refractivity contribution >= 4 is 11.6 Å². The fourth-order valence-corrected chi connectivity index (χ4v) is 2.35. The molecule has 0 fully saturated rings. The highest BCUT2D eigenvalue weighted by Gasteiger charge is 2.31. The molecule has 0 radical (unpaired) electrons. The van der Waals surface area contributed by atoms with Gasteiger partial charge in [-0.2, -0.15) is 0 Å². The van der Waals surface area contributed by atoms with E-state index < -0.39 is 6.10 Å². The molecule has 2 unspecified atom stereocenters. The van der Waals surface area contributed by atoms with E-state index in [4.69, 9.17) is 15.6 Å². The van der Waals surface area contributed by atoms with Crippen LogP contribution in [-0.4, -0.2) is 30.3 Å². The Kier molecular flexibility index (Phi) is 4.62. The molecule has 20 heavy (non-hydrogen) atoms. The Morgan fingerprint density at radius 3 is 2.90 bits per heavy atom. The van der Waals surface area contributed by atoms with Crippen LogP contribution in [0.4, 0.5) is 5.69 Å². The molecule has 1 heterocycles. The van der Waals surface area contributed by atoms with Crippen LogP contribution in [0.3, 0.4) is 0 Å². The lowest BCUT2D eigenvalue weighted by Gasteiger charge is -2.33. The first-order chi connectivity index (χ1) is 9.58. The number of aliphatic hydroxyl groups is 1. The number of nitrogens with zero attached hydrogens (tertiary/aromatic N) is 1. The van der Waals surface area contributed by atoms with Crippen LogP contribution in [0.1, 0.15) is 38.3 Å². The van der Waals surface area contributed by atoms with E-state index >= 15 is 0 Å². The van der Waals surface area contributed by atoms with Gasteiger partial charge in [0.05, 0.1) is 5.69 Å². The third-order valence-corrected chi connectivity index (χ3v) is 3.60. The first kappa shape index (κ1) is 14.8. The maximum absolute atomic E-state index is 12.2. The number of fused-ring (bicyclic) bond motifs is 1. The van der Waals surface area contributed by atoms with Gasteiger partial charge >= 0.3 is 0 Å². The normalized spacial score (nSPS) is 19.5. The molecule has 2 atom stereocenters. The van der Waals surface area contributed by atoms with Crippen molar-refractivity contribution in [2.24, 2.45) is 5.73 Å². The van der Waals surface area contributed by atoms with Gasteiger partial charge in [-0.05, 0) is 37.5 Å². The minimum atomic E-state index is -0.494. The van der Waals surface area contributed by atoms with Gasteiger partial charge in [0.15, 0.2) is 6.10 Å². The van der Waals surface area contributed by atoms with Crippen LogP contribution < -0.4 is 15.4 Å². The number of ether oxygens (including phenoxy) is 1. The minimum absolute atomic E-state index is 0.0468. The SMILES string of the molecule is CCC(N)c1ccc2c(c1)N(CCCO)C(=O)C(C)O2. The molecule has 0 aliphatic carbocycles. The molecule has 0 aromatic heterocycles. The van der Waals surface area contributed by atoms with Crippen LogP contribution >= 0.6 is 0 Å². The van der Waals surface area contributed by atoms with Gasteiger partial charge in [0.1, 0.15) is 5.75 Å². The summed E-state index contributed by atoms with van der Waals surface area (Å²) in [5.74, 6) is 0.621. The van der Waals surface area contributed by atoms with E-state index in [1.54, 1.807) is 11.8 Å². The number of carbonyl (C=O) groups is 1. The zero-order valence-electron chi connectivity index (χ0n) is 12.0. The summed E-state index contributed by atoms with van der Waals surface area (Å²) in [6.45, 7) is 4.31. The average Bonchev–Trinajstić information content (AvgIpc) is 2.46. The fraction of sp³-hybridized carbons (Fsp3) is 0.533. The Hall–Kier alpha value is -1.59. The van der Waals surface area contributed by atoms with Crippen LogP contribution in [0.2, 0.25) is 0 Å². The van der Waals surface area contributed by atoms with Crippen LogP contribution in [0, 0.1) is 0 Å². The van der Waals surface area contributed by atoms with Crippen LogP contribution in [0.5, 0.6) is 5.75 Å². The molecule has 5 nitrogen and oxygen atoms in total. The first-order valence-electron chi connectivity index (χ1n) is 7.07. The molecule has 1 aliphatic heterocycles. The summed E-state index contributed by atoms with van der Waals surface area (Å²) in [7, 11) is 0. The number of benzene rings is 1. The van der Waals surface area contributed by atoms with Crippen LogP contribution in [0.15, 0.2) is 18.2 Å². The largest absolute Gasteiger partial charge is 0.479 e. The predicted molar refractivity (Wildman–Crippen MR) is 77.8 cm³/mol. The molecule has 1 amide bonds. The van der Waals surface area contributed by atoms with E-state index in [0.717, 1.165) is 17.7 Å². The van der Waals surface area contributed by atoms with E-state index in [9.17, 15) is 4.79 Å². The lowest BCUT2D eigenvalue weighted by Crippen LogP contribution is -2.45. The van der Waals surface area contributed by atoms with Crippen molar-refractivity contribution in [3.05, 3.63) is 23.8 Å². The second-order valence-electron chi connectivity index (χ2n) is 5.07. The molecule has 0 bridgehead atoms. The molecule has 1 aromatic rings. The van der Waals surface area contributed by atoms with Crippen molar-refractivity contribution in [2.75, 3.05) is 18.1 Å². The van der Waals surface area contributed by atoms with Crippen molar-refractivity contribution in [3.63, 3.8) is 0 Å². The van der Waals surface area contributed by atoms with E-state index in [1.807, 2.05) is 25.1 Å². The zero-order chi connectivity index (χ0) is 14.7. The summed E-state index contributed by atoms with van der Waals surface area (Å²) in [4.78, 5) is 13.9. The molecule has 3 N–H and O–H groups in total. The van der Waals surface area contributed by atoms with E-state index in [2.05, 4.69) is 0 Å². The van der Waals surface area contributed by atoms with Crippen molar-refractivity contribution in [3.8, 4) is 5.75 Å². The van der Waals surface area contributed by atoms with E-state index in [1.165, 1.54) is 0 Å². The lowest BCUT2D eigenvalue weighted by atomic mass is 10.0. The molecule has 0 saturated carbocycles. The number of hydrogen-bond acceptors (Lipinski definition) is 4. The zero-order valence-corrected chi connectivity index (χ0v) is 12.0. The van der Waals surface area contributed by atoms with Crippen molar-refractivity contribution < 1.29 is 14.6 Å². The first-order valence-corrected chi connectivity index (χ1v) is 7.07. The predicted octanol–water partition coefficient (Wildman–Crippen LogP) is 1.59. The van der Waals surface area contributed by atoms with Gasteiger partial charge < -0.3 is 20.5 Å². The molecular weight excluding hydrogens is 256 g/mol. The van der Waals surface area contributed by atoms with Crippen molar-refractivity contribution in [2.45, 2.75) is 38.8 Å². The second kappa shape index (κ2) is 6.24. The van der Waals surface area contributed by atoms with Crippen molar-refractivity contribution in [1.82, 2.24) is 0 Å². The van der Waals surface area contributed by atoms with Gasteiger partial charge in [0.2, 0.25) is 0 Å². The fourth-order valence-electron chi connectivity index (χ4n) is 2.35. The van der Waals surface area contributed by atoms with E-state index in [0.29, 0.717) is 18.7 Å². The summed E-state index contributed by atoms with van der Waals surface area (Å²) >= 11 is 0. The number of carbonyl (C=O) groups excluding carboxylic acids is 1. The lowest BCUT2D eigenvalue weighted by molar-refractivity contribution is -0.125. The smallest absolute Gasteiger partial charge is 0.267 e. The van der Waals surface area contributed by atoms with E-state index in [-0.39, 0.29) is 18.6 Å². The van der Waals surface area contributed by atoms with Gasteiger partial charge in [0, 0.05) is 19.2 Å². The number of anilines is 1. The maximum Gasteiger partial charge on any atom is 0.267 e. The van der Waals surface area contributed by atoms with Gasteiger partial charge in [-0.1, -0.05) is 13.0 Å². The standard InChI is InChI=1S/C15H22N2O3/c1-3-12(16)11-5-6-14-13(9-11)17(7-4-8-18)15(19)10(2)20-14/h5-6,9-10,12,18H,3-4,7-8,16H2,1-2H3. The summed E-state index contributed by atoms with van der Waals surface area (Å²) in [5.41, 5.74) is 7.80. The molecule has 110 valence electrons. The summed E-state index contributed by atoms with van der Waals surface area (Å²) in [6.07, 6.45) is 0.884. The third kappa shape index (κ3) is 2.78. The highest BCUT2D eigenvalue weighted by Crippen LogP contribution is 2.36. The number of hydrogen-bond donors (Lipinski definition) is 2. The quantitative estimate of drug-likeness (QED) is 0.857. The third-order valence-electron chi connectivity index (χ3n) is 3.60. The summed E-state index contributed by atoms with van der Waals surface area (Å²) < 4.78 is 5.63. The number of aliphatic hydroxyl groups excluding tert-OH is 1. The Bertz CT molecular complexity index is 490. The summed E-state index contributed by atoms with van der Waals surface area (Å²) in [5, 5.41) is 8.99. The molecule has 5 heteroatoms. The molecule has 2 rings (SSSR count). The maximum atomic E-state index is 12.2. The molecule has 0 spiro atoms. The molecule has 1 aliphatic rings. The minimum Gasteiger partial charge on any atom is -0.479 e. The number of rotatable bonds is 5. The molecule has 1 aromatic carbocycles. The topological polar surface area (TPSA) is 75.8 Å². The monoisotopic (exact) mass is 278 g/mol. The van der Waals surface area contributed by atoms with Crippen LogP contribution in [-0.2, 0) is 4.79 Å². The van der Waals surface area contributed by atoms with Crippen molar-refractivity contribution in [1.29, 1.82) is 0 Å². The Labute approximate surface area is 119 Å². The Balaban J connectivity index is 2.37. The Morgan fingerprint density at radius 2 is 2.25 bits per heavy atom. The number of nitrogens with two attached hydrogens (primary N) is 1. The summed E-state index contributed by atoms with van der Waals surface area (Å²) in [6, 6.07) is 5.69. The molecule has 0 saturated heterocycles. The second-order valence-corrected chi connectivity index (χ2v) is 5.07. The highest BCUT2D eigenvalue weighted by atomic mass is 16.5.